The molecule has 2 rings (SSSR count). The molecule has 7 heteroatoms. The molecule has 112 valence electrons. The minimum Gasteiger partial charge on any atom is -0.429 e. The monoisotopic (exact) mass is 361 g/mol. The summed E-state index contributed by atoms with van der Waals surface area (Å²) < 4.78 is 43.2. The molecular formula is C14H11BrF3NO2. The van der Waals surface area contributed by atoms with Crippen LogP contribution < -0.4 is 0 Å². The van der Waals surface area contributed by atoms with Crippen LogP contribution >= 0.6 is 15.9 Å². The molecule has 0 saturated heterocycles. The standard InChI is InChI=1S/C14H11BrF3NO2/c15-13-12(19-11(21-13)3-1-2-8-20)9-4-6-10(7-5-9)14(16,17)18/h1,3-7,20H,2,8H2. The number of aliphatic hydroxyl groups is 1. The van der Waals surface area contributed by atoms with Gasteiger partial charge in [-0.15, -0.1) is 0 Å². The van der Waals surface area contributed by atoms with Crippen molar-refractivity contribution in [3.05, 3.63) is 46.5 Å². The molecule has 1 aromatic carbocycles. The molecular weight excluding hydrogens is 351 g/mol. The molecule has 1 N–H and O–H groups in total. The number of aromatic nitrogens is 1. The topological polar surface area (TPSA) is 46.3 Å². The van der Waals surface area contributed by atoms with E-state index in [2.05, 4.69) is 20.9 Å². The Bertz CT molecular complexity index is 633. The maximum atomic E-state index is 12.5. The van der Waals surface area contributed by atoms with E-state index in [0.717, 1.165) is 12.1 Å². The number of nitrogens with zero attached hydrogens (tertiary/aromatic N) is 1. The first-order valence-corrected chi connectivity index (χ1v) is 6.82. The molecule has 0 fully saturated rings. The third-order valence-electron chi connectivity index (χ3n) is 2.64. The van der Waals surface area contributed by atoms with Gasteiger partial charge in [0.15, 0.2) is 4.67 Å². The lowest BCUT2D eigenvalue weighted by Crippen LogP contribution is -2.04. The van der Waals surface area contributed by atoms with Gasteiger partial charge in [-0.05, 0) is 40.6 Å². The first-order chi connectivity index (χ1) is 9.91. The summed E-state index contributed by atoms with van der Waals surface area (Å²) in [5.41, 5.74) is 0.224. The van der Waals surface area contributed by atoms with Crippen LogP contribution in [0.15, 0.2) is 39.4 Å². The predicted octanol–water partition coefficient (Wildman–Crippen LogP) is 4.52. The fourth-order valence-electron chi connectivity index (χ4n) is 1.64. The van der Waals surface area contributed by atoms with Crippen LogP contribution in [0.25, 0.3) is 17.3 Å². The van der Waals surface area contributed by atoms with E-state index in [1.54, 1.807) is 12.2 Å². The molecule has 0 radical (unpaired) electrons. The second kappa shape index (κ2) is 6.44. The van der Waals surface area contributed by atoms with Crippen LogP contribution in [-0.2, 0) is 6.18 Å². The van der Waals surface area contributed by atoms with Crippen LogP contribution in [0.5, 0.6) is 0 Å². The van der Waals surface area contributed by atoms with Crippen molar-refractivity contribution >= 4 is 22.0 Å². The van der Waals surface area contributed by atoms with E-state index in [1.807, 2.05) is 0 Å². The Morgan fingerprint density at radius 1 is 1.24 bits per heavy atom. The highest BCUT2D eigenvalue weighted by Crippen LogP contribution is 2.33. The number of halogens is 4. The van der Waals surface area contributed by atoms with Crippen LogP contribution in [0.1, 0.15) is 17.9 Å². The Labute approximate surface area is 127 Å². The van der Waals surface area contributed by atoms with Gasteiger partial charge < -0.3 is 9.52 Å². The Morgan fingerprint density at radius 2 is 1.90 bits per heavy atom. The van der Waals surface area contributed by atoms with Crippen LogP contribution in [0, 0.1) is 0 Å². The molecule has 0 aliphatic rings. The normalized spacial score (nSPS) is 12.2. The molecule has 0 unspecified atom stereocenters. The van der Waals surface area contributed by atoms with Crippen LogP contribution in [0.4, 0.5) is 13.2 Å². The van der Waals surface area contributed by atoms with E-state index in [0.29, 0.717) is 28.2 Å². The molecule has 0 spiro atoms. The number of hydrogen-bond acceptors (Lipinski definition) is 3. The van der Waals surface area contributed by atoms with Crippen molar-refractivity contribution in [1.29, 1.82) is 0 Å². The highest BCUT2D eigenvalue weighted by molar-refractivity contribution is 9.10. The zero-order valence-corrected chi connectivity index (χ0v) is 12.3. The van der Waals surface area contributed by atoms with Gasteiger partial charge in [0.2, 0.25) is 5.89 Å². The Morgan fingerprint density at radius 3 is 2.48 bits per heavy atom. The lowest BCUT2D eigenvalue weighted by molar-refractivity contribution is -0.137. The van der Waals surface area contributed by atoms with Crippen LogP contribution in [0.2, 0.25) is 0 Å². The van der Waals surface area contributed by atoms with E-state index in [9.17, 15) is 13.2 Å². The number of rotatable bonds is 4. The van der Waals surface area contributed by atoms with Gasteiger partial charge in [-0.1, -0.05) is 18.2 Å². The zero-order chi connectivity index (χ0) is 15.5. The van der Waals surface area contributed by atoms with Crippen molar-refractivity contribution in [3.8, 4) is 11.3 Å². The molecule has 1 heterocycles. The molecule has 0 saturated carbocycles. The lowest BCUT2D eigenvalue weighted by atomic mass is 10.1. The first-order valence-electron chi connectivity index (χ1n) is 6.03. The molecule has 2 aromatic rings. The van der Waals surface area contributed by atoms with Gasteiger partial charge >= 0.3 is 6.18 Å². The van der Waals surface area contributed by atoms with Crippen molar-refractivity contribution in [2.24, 2.45) is 0 Å². The van der Waals surface area contributed by atoms with Gasteiger partial charge in [-0.2, -0.15) is 13.2 Å². The predicted molar refractivity (Wildman–Crippen MR) is 75.4 cm³/mol. The van der Waals surface area contributed by atoms with Crippen molar-refractivity contribution in [2.45, 2.75) is 12.6 Å². The number of oxazole rings is 1. The molecule has 0 amide bonds. The van der Waals surface area contributed by atoms with Crippen molar-refractivity contribution in [3.63, 3.8) is 0 Å². The fraction of sp³-hybridized carbons (Fsp3) is 0.214. The minimum absolute atomic E-state index is 0.0180. The van der Waals surface area contributed by atoms with Gasteiger partial charge in [-0.25, -0.2) is 4.98 Å². The van der Waals surface area contributed by atoms with E-state index < -0.39 is 11.7 Å². The summed E-state index contributed by atoms with van der Waals surface area (Å²) >= 11 is 3.19. The Kier molecular flexibility index (Phi) is 4.84. The van der Waals surface area contributed by atoms with Crippen molar-refractivity contribution < 1.29 is 22.7 Å². The van der Waals surface area contributed by atoms with E-state index >= 15 is 0 Å². The van der Waals surface area contributed by atoms with Gasteiger partial charge in [0.05, 0.1) is 5.56 Å². The van der Waals surface area contributed by atoms with Crippen molar-refractivity contribution in [2.75, 3.05) is 6.61 Å². The first kappa shape index (κ1) is 15.8. The Balaban J connectivity index is 2.26. The summed E-state index contributed by atoms with van der Waals surface area (Å²) in [6.07, 6.45) is -0.614. The van der Waals surface area contributed by atoms with E-state index in [1.165, 1.54) is 12.1 Å². The lowest BCUT2D eigenvalue weighted by Gasteiger charge is -2.06. The summed E-state index contributed by atoms with van der Waals surface area (Å²) in [6, 6.07) is 4.68. The Hall–Kier alpha value is -1.60. The average molecular weight is 362 g/mol. The van der Waals surface area contributed by atoms with Crippen LogP contribution in [0.3, 0.4) is 0 Å². The van der Waals surface area contributed by atoms with Gasteiger partial charge in [0.25, 0.3) is 0 Å². The number of aliphatic hydroxyl groups excluding tert-OH is 1. The third-order valence-corrected chi connectivity index (χ3v) is 3.18. The molecule has 21 heavy (non-hydrogen) atoms. The number of benzene rings is 1. The molecule has 0 aliphatic carbocycles. The average Bonchev–Trinajstić information content (AvgIpc) is 2.79. The minimum atomic E-state index is -4.36. The molecule has 0 atom stereocenters. The van der Waals surface area contributed by atoms with Gasteiger partial charge in [0, 0.05) is 12.2 Å². The zero-order valence-electron chi connectivity index (χ0n) is 10.7. The van der Waals surface area contributed by atoms with Crippen LogP contribution in [-0.4, -0.2) is 16.7 Å². The quantitative estimate of drug-likeness (QED) is 0.870. The highest BCUT2D eigenvalue weighted by atomic mass is 79.9. The molecule has 0 bridgehead atoms. The number of alkyl halides is 3. The van der Waals surface area contributed by atoms with Gasteiger partial charge in [0.1, 0.15) is 5.69 Å². The third kappa shape index (κ3) is 3.95. The fourth-order valence-corrected chi connectivity index (χ4v) is 2.13. The molecule has 3 nitrogen and oxygen atoms in total. The van der Waals surface area contributed by atoms with Crippen molar-refractivity contribution in [1.82, 2.24) is 4.98 Å². The highest BCUT2D eigenvalue weighted by Gasteiger charge is 2.30. The smallest absolute Gasteiger partial charge is 0.416 e. The SMILES string of the molecule is OCCC=Cc1nc(-c2ccc(C(F)(F)F)cc2)c(Br)o1. The summed E-state index contributed by atoms with van der Waals surface area (Å²) in [4.78, 5) is 4.18. The maximum absolute atomic E-state index is 12.5. The second-order valence-corrected chi connectivity index (χ2v) is 4.88. The van der Waals surface area contributed by atoms with Gasteiger partial charge in [-0.3, -0.25) is 0 Å². The number of hydrogen-bond donors (Lipinski definition) is 1. The summed E-state index contributed by atoms with van der Waals surface area (Å²) in [5.74, 6) is 0.310. The largest absolute Gasteiger partial charge is 0.429 e. The summed E-state index contributed by atoms with van der Waals surface area (Å²) in [6.45, 7) is 0.0180. The van der Waals surface area contributed by atoms with E-state index in [4.69, 9.17) is 9.52 Å². The molecule has 0 aliphatic heterocycles. The summed E-state index contributed by atoms with van der Waals surface area (Å²) in [5, 5.41) is 8.67. The molecule has 1 aromatic heterocycles. The summed E-state index contributed by atoms with van der Waals surface area (Å²) in [7, 11) is 0. The maximum Gasteiger partial charge on any atom is 0.416 e. The second-order valence-electron chi connectivity index (χ2n) is 4.16. The van der Waals surface area contributed by atoms with E-state index in [-0.39, 0.29) is 6.61 Å².